The number of hydrogen-bond donors (Lipinski definition) is 0. The van der Waals surface area contributed by atoms with Crippen molar-refractivity contribution in [3.05, 3.63) is 16.1 Å². The SMILES string of the molecule is Cc1csc(C(C)N(C)C(=O)C2CCN(C(=O)C3CCC3)CC2)n1. The average Bonchev–Trinajstić information content (AvgIpc) is 2.97. The lowest BCUT2D eigenvalue weighted by molar-refractivity contribution is -0.144. The van der Waals surface area contributed by atoms with Gasteiger partial charge in [0.25, 0.3) is 0 Å². The van der Waals surface area contributed by atoms with Gasteiger partial charge in [0.2, 0.25) is 11.8 Å². The molecule has 0 bridgehead atoms. The first kappa shape index (κ1) is 17.4. The average molecular weight is 350 g/mol. The third-order valence-electron chi connectivity index (χ3n) is 5.53. The summed E-state index contributed by atoms with van der Waals surface area (Å²) in [7, 11) is 1.87. The van der Waals surface area contributed by atoms with Gasteiger partial charge >= 0.3 is 0 Å². The Bertz CT molecular complexity index is 603. The molecule has 132 valence electrons. The second kappa shape index (κ2) is 7.21. The molecular weight excluding hydrogens is 322 g/mol. The Morgan fingerprint density at radius 3 is 2.42 bits per heavy atom. The lowest BCUT2D eigenvalue weighted by Crippen LogP contribution is -2.46. The summed E-state index contributed by atoms with van der Waals surface area (Å²) in [5.74, 6) is 0.787. The molecule has 5 nitrogen and oxygen atoms in total. The van der Waals surface area contributed by atoms with E-state index in [0.717, 1.165) is 49.5 Å². The first-order chi connectivity index (χ1) is 11.5. The van der Waals surface area contributed by atoms with Gasteiger partial charge in [-0.2, -0.15) is 0 Å². The third-order valence-corrected chi connectivity index (χ3v) is 6.67. The van der Waals surface area contributed by atoms with Crippen LogP contribution in [-0.2, 0) is 9.59 Å². The molecule has 1 saturated carbocycles. The van der Waals surface area contributed by atoms with Crippen molar-refractivity contribution in [2.75, 3.05) is 20.1 Å². The first-order valence-electron chi connectivity index (χ1n) is 8.95. The van der Waals surface area contributed by atoms with Gasteiger partial charge in [-0.3, -0.25) is 9.59 Å². The van der Waals surface area contributed by atoms with Gasteiger partial charge in [0.1, 0.15) is 5.01 Å². The number of carbonyl (C=O) groups excluding carboxylic acids is 2. The maximum atomic E-state index is 12.8. The quantitative estimate of drug-likeness (QED) is 0.840. The Morgan fingerprint density at radius 2 is 1.92 bits per heavy atom. The molecule has 2 fully saturated rings. The predicted molar refractivity (Wildman–Crippen MR) is 94.7 cm³/mol. The topological polar surface area (TPSA) is 53.5 Å². The van der Waals surface area contributed by atoms with E-state index in [9.17, 15) is 9.59 Å². The zero-order valence-electron chi connectivity index (χ0n) is 14.8. The van der Waals surface area contributed by atoms with Crippen LogP contribution < -0.4 is 0 Å². The van der Waals surface area contributed by atoms with Crippen LogP contribution in [0.15, 0.2) is 5.38 Å². The molecule has 1 aliphatic heterocycles. The van der Waals surface area contributed by atoms with Crippen LogP contribution in [-0.4, -0.2) is 46.7 Å². The molecule has 24 heavy (non-hydrogen) atoms. The number of rotatable bonds is 4. The fourth-order valence-corrected chi connectivity index (χ4v) is 4.36. The van der Waals surface area contributed by atoms with Crippen molar-refractivity contribution in [3.8, 4) is 0 Å². The number of aromatic nitrogens is 1. The molecule has 3 rings (SSSR count). The number of likely N-dealkylation sites (tertiary alicyclic amines) is 1. The summed E-state index contributed by atoms with van der Waals surface area (Å²) in [5.41, 5.74) is 1.01. The number of amides is 2. The molecule has 0 N–H and O–H groups in total. The van der Waals surface area contributed by atoms with E-state index in [-0.39, 0.29) is 23.8 Å². The summed E-state index contributed by atoms with van der Waals surface area (Å²) in [6.45, 7) is 5.46. The second-order valence-corrected chi connectivity index (χ2v) is 8.07. The normalized spacial score (nSPS) is 20.5. The van der Waals surface area contributed by atoms with Gasteiger partial charge in [0.15, 0.2) is 0 Å². The van der Waals surface area contributed by atoms with Crippen LogP contribution >= 0.6 is 11.3 Å². The summed E-state index contributed by atoms with van der Waals surface area (Å²) in [5, 5.41) is 3.01. The molecule has 1 unspecified atom stereocenters. The van der Waals surface area contributed by atoms with Gasteiger partial charge in [-0.1, -0.05) is 6.42 Å². The predicted octanol–water partition coefficient (Wildman–Crippen LogP) is 3.01. The van der Waals surface area contributed by atoms with Crippen molar-refractivity contribution in [2.24, 2.45) is 11.8 Å². The largest absolute Gasteiger partial charge is 0.342 e. The van der Waals surface area contributed by atoms with Crippen LogP contribution in [0, 0.1) is 18.8 Å². The molecule has 1 atom stereocenters. The van der Waals surface area contributed by atoms with Gasteiger partial charge in [0.05, 0.1) is 6.04 Å². The smallest absolute Gasteiger partial charge is 0.226 e. The number of carbonyl (C=O) groups is 2. The number of thiazole rings is 1. The number of piperidine rings is 1. The van der Waals surface area contributed by atoms with Crippen LogP contribution in [0.3, 0.4) is 0 Å². The van der Waals surface area contributed by atoms with Crippen molar-refractivity contribution in [1.29, 1.82) is 0 Å². The van der Waals surface area contributed by atoms with E-state index in [2.05, 4.69) is 4.98 Å². The van der Waals surface area contributed by atoms with Crippen LogP contribution in [0.4, 0.5) is 0 Å². The summed E-state index contributed by atoms with van der Waals surface area (Å²) >= 11 is 1.61. The van der Waals surface area contributed by atoms with Gasteiger partial charge in [0, 0.05) is 43.0 Å². The summed E-state index contributed by atoms with van der Waals surface area (Å²) in [6.07, 6.45) is 4.84. The Labute approximate surface area is 148 Å². The minimum absolute atomic E-state index is 0.00541. The maximum absolute atomic E-state index is 12.8. The molecule has 1 aliphatic carbocycles. The van der Waals surface area contributed by atoms with Crippen LogP contribution in [0.1, 0.15) is 55.8 Å². The molecule has 0 spiro atoms. The van der Waals surface area contributed by atoms with Gasteiger partial charge in [-0.05, 0) is 39.5 Å². The molecule has 0 aromatic carbocycles. The molecule has 2 aliphatic rings. The highest BCUT2D eigenvalue weighted by Gasteiger charge is 2.34. The molecule has 1 aromatic heterocycles. The van der Waals surface area contributed by atoms with E-state index in [0.29, 0.717) is 5.91 Å². The van der Waals surface area contributed by atoms with Crippen molar-refractivity contribution in [3.63, 3.8) is 0 Å². The van der Waals surface area contributed by atoms with Crippen molar-refractivity contribution in [1.82, 2.24) is 14.8 Å². The molecular formula is C18H27N3O2S. The van der Waals surface area contributed by atoms with Crippen LogP contribution in [0.2, 0.25) is 0 Å². The van der Waals surface area contributed by atoms with E-state index in [1.807, 2.05) is 36.1 Å². The fourth-order valence-electron chi connectivity index (χ4n) is 3.47. The van der Waals surface area contributed by atoms with Gasteiger partial charge in [-0.25, -0.2) is 4.98 Å². The zero-order valence-corrected chi connectivity index (χ0v) is 15.6. The molecule has 6 heteroatoms. The van der Waals surface area contributed by atoms with E-state index < -0.39 is 0 Å². The Hall–Kier alpha value is -1.43. The number of aryl methyl sites for hydroxylation is 1. The van der Waals surface area contributed by atoms with Gasteiger partial charge in [-0.15, -0.1) is 11.3 Å². The molecule has 2 heterocycles. The Kier molecular flexibility index (Phi) is 5.23. The van der Waals surface area contributed by atoms with E-state index in [1.54, 1.807) is 11.3 Å². The van der Waals surface area contributed by atoms with Gasteiger partial charge < -0.3 is 9.80 Å². The lowest BCUT2D eigenvalue weighted by Gasteiger charge is -2.37. The monoisotopic (exact) mass is 349 g/mol. The molecule has 2 amide bonds. The van der Waals surface area contributed by atoms with E-state index in [1.165, 1.54) is 6.42 Å². The van der Waals surface area contributed by atoms with E-state index >= 15 is 0 Å². The molecule has 1 saturated heterocycles. The van der Waals surface area contributed by atoms with E-state index in [4.69, 9.17) is 0 Å². The maximum Gasteiger partial charge on any atom is 0.226 e. The fraction of sp³-hybridized carbons (Fsp3) is 0.722. The summed E-state index contributed by atoms with van der Waals surface area (Å²) < 4.78 is 0. The first-order valence-corrected chi connectivity index (χ1v) is 9.83. The summed E-state index contributed by atoms with van der Waals surface area (Å²) in [4.78, 5) is 33.4. The Morgan fingerprint density at radius 1 is 1.25 bits per heavy atom. The highest BCUT2D eigenvalue weighted by atomic mass is 32.1. The van der Waals surface area contributed by atoms with Crippen molar-refractivity contribution >= 4 is 23.2 Å². The third kappa shape index (κ3) is 3.48. The second-order valence-electron chi connectivity index (χ2n) is 7.18. The zero-order chi connectivity index (χ0) is 17.3. The Balaban J connectivity index is 1.53. The minimum atomic E-state index is 0.00541. The molecule has 0 radical (unpaired) electrons. The van der Waals surface area contributed by atoms with Crippen LogP contribution in [0.5, 0.6) is 0 Å². The van der Waals surface area contributed by atoms with Crippen LogP contribution in [0.25, 0.3) is 0 Å². The van der Waals surface area contributed by atoms with Crippen molar-refractivity contribution in [2.45, 2.75) is 52.0 Å². The highest BCUT2D eigenvalue weighted by Crippen LogP contribution is 2.31. The number of hydrogen-bond acceptors (Lipinski definition) is 4. The minimum Gasteiger partial charge on any atom is -0.342 e. The van der Waals surface area contributed by atoms with Crippen molar-refractivity contribution < 1.29 is 9.59 Å². The standard InChI is InChI=1S/C18H27N3O2S/c1-12-11-24-16(19-12)13(2)20(3)17(22)15-7-9-21(10-8-15)18(23)14-5-4-6-14/h11,13-15H,4-10H2,1-3H3. The molecule has 1 aromatic rings. The highest BCUT2D eigenvalue weighted by molar-refractivity contribution is 7.09. The summed E-state index contributed by atoms with van der Waals surface area (Å²) in [6, 6.07) is 0.00541. The lowest BCUT2D eigenvalue weighted by atomic mass is 9.83. The number of nitrogens with zero attached hydrogens (tertiary/aromatic N) is 3.